The average molecular weight is 1320 g/mol. The highest BCUT2D eigenvalue weighted by Crippen LogP contribution is 2.40. The molecular weight excluding hydrogens is 1220 g/mol. The number of ether oxygens (including phenoxy) is 14. The highest BCUT2D eigenvalue weighted by molar-refractivity contribution is 5.67. The molecule has 34 nitrogen and oxygen atoms in total. The number of hydrogen-bond donors (Lipinski definition) is 19. The van der Waals surface area contributed by atoms with E-state index in [1.165, 1.54) is 34.6 Å². The minimum absolute atomic E-state index is 0.0987. The molecule has 0 spiro atoms. The Labute approximate surface area is 519 Å². The van der Waals surface area contributed by atoms with Gasteiger partial charge in [0.1, 0.15) is 140 Å². The van der Waals surface area contributed by atoms with Crippen LogP contribution in [0.1, 0.15) is 106 Å². The van der Waals surface area contributed by atoms with Crippen molar-refractivity contribution in [2.45, 2.75) is 333 Å². The lowest BCUT2D eigenvalue weighted by molar-refractivity contribution is -0.415. The summed E-state index contributed by atoms with van der Waals surface area (Å²) in [5.41, 5.74) is 0. The van der Waals surface area contributed by atoms with Crippen LogP contribution in [-0.4, -0.2) is 343 Å². The predicted molar refractivity (Wildman–Crippen MR) is 293 cm³/mol. The van der Waals surface area contributed by atoms with Crippen molar-refractivity contribution in [3.8, 4) is 0 Å². The molecule has 0 unspecified atom stereocenters. The van der Waals surface area contributed by atoms with Gasteiger partial charge in [-0.05, 0) is 60.3 Å². The Bertz CT molecular complexity index is 2130. The molecule has 7 heterocycles. The highest BCUT2D eigenvalue weighted by Gasteiger charge is 2.59. The fourth-order valence-corrected chi connectivity index (χ4v) is 12.1. The molecule has 37 atom stereocenters. The SMILES string of the molecule is CCCCCCC[C@@H](CCC[C@H](O)CC(=O)O)O[C@@H]1O[C@H](C)[C@H](O)[C@H](O)[C@H]1O[C@@H]1O[C@H](CO)[C@@H](O)[C@H](O)[C@H]1O[C@@H]1O[C@@H](C)[C@H](O[C@@H]2O[C@H](C)[C@H](O)[C@H](O)[C@H]2O)[C@@H](O[C@@H]2O[C@H](CO)[C@@H](O)[C@H](O)[C@H]2O[C@@H]2O[C@H](C)[C@@H](O[C@@H]3O[C@H](C)[C@H](O)[C@H](O)[C@H]3O)[C@H](O)[C@H]2O)[C@H]1O. The van der Waals surface area contributed by atoms with Crippen molar-refractivity contribution >= 4 is 5.97 Å². The number of carboxylic acid groups (broad SMARTS) is 1. The zero-order valence-corrected chi connectivity index (χ0v) is 51.0. The third-order valence-corrected chi connectivity index (χ3v) is 17.8. The van der Waals surface area contributed by atoms with Gasteiger partial charge in [-0.2, -0.15) is 0 Å². The summed E-state index contributed by atoms with van der Waals surface area (Å²) in [6, 6.07) is 0. The molecule has 0 aliphatic carbocycles. The Hall–Kier alpha value is -1.81. The monoisotopic (exact) mass is 1310 g/mol. The second-order valence-electron chi connectivity index (χ2n) is 24.6. The fourth-order valence-electron chi connectivity index (χ4n) is 12.1. The summed E-state index contributed by atoms with van der Waals surface area (Å²) in [5.74, 6) is -1.19. The molecule has 0 bridgehead atoms. The molecule has 0 aromatic heterocycles. The average Bonchev–Trinajstić information content (AvgIpc) is 0.786. The van der Waals surface area contributed by atoms with Gasteiger partial charge in [0.05, 0.1) is 62.4 Å². The van der Waals surface area contributed by atoms with Gasteiger partial charge < -0.3 is 163 Å². The van der Waals surface area contributed by atoms with E-state index in [4.69, 9.17) is 66.3 Å². The first kappa shape index (κ1) is 75.6. The first-order chi connectivity index (χ1) is 42.5. The van der Waals surface area contributed by atoms with Crippen LogP contribution in [-0.2, 0) is 71.1 Å². The number of hydrogen-bond acceptors (Lipinski definition) is 33. The van der Waals surface area contributed by atoms with Crippen LogP contribution in [0.4, 0.5) is 0 Å². The molecule has 19 N–H and O–H groups in total. The zero-order chi connectivity index (χ0) is 66.3. The summed E-state index contributed by atoms with van der Waals surface area (Å²) < 4.78 is 84.8. The minimum atomic E-state index is -2.29. The van der Waals surface area contributed by atoms with Crippen LogP contribution in [0.5, 0.6) is 0 Å². The largest absolute Gasteiger partial charge is 0.481 e. The highest BCUT2D eigenvalue weighted by atomic mass is 16.8. The Balaban J connectivity index is 1.18. The number of aliphatic hydroxyl groups excluding tert-OH is 18. The molecule has 7 aliphatic rings. The summed E-state index contributed by atoms with van der Waals surface area (Å²) >= 11 is 0. The second kappa shape index (κ2) is 33.9. The fraction of sp³-hybridized carbons (Fsp3) is 0.982. The van der Waals surface area contributed by atoms with Crippen molar-refractivity contribution in [1.29, 1.82) is 0 Å². The van der Waals surface area contributed by atoms with Gasteiger partial charge in [0.2, 0.25) is 0 Å². The smallest absolute Gasteiger partial charge is 0.305 e. The molecule has 526 valence electrons. The summed E-state index contributed by atoms with van der Waals surface area (Å²) in [7, 11) is 0. The molecule has 0 saturated carbocycles. The number of rotatable bonds is 28. The van der Waals surface area contributed by atoms with Gasteiger partial charge in [0.25, 0.3) is 0 Å². The lowest BCUT2D eigenvalue weighted by Crippen LogP contribution is -2.69. The quantitative estimate of drug-likeness (QED) is 0.0324. The number of carbonyl (C=O) groups is 1. The lowest BCUT2D eigenvalue weighted by atomic mass is 9.95. The summed E-state index contributed by atoms with van der Waals surface area (Å²) in [6.07, 6.45) is -59.5. The number of aliphatic hydroxyl groups is 18. The first-order valence-corrected chi connectivity index (χ1v) is 31.0. The van der Waals surface area contributed by atoms with E-state index in [1.807, 2.05) is 0 Å². The summed E-state index contributed by atoms with van der Waals surface area (Å²) in [4.78, 5) is 11.3. The standard InChI is InChI=1S/C56H98O34/c1-7-8-9-10-11-14-25(15-12-13-24(59)16-28(60)61)82-54-47(36(69)31(64)21(4)79-54)90-56-49(38(71)33(66)27(18-58)84-56)89-53-43(76)46(45(23(6)81-53)86-51-41(74)35(68)30(63)20(3)78-51)87-55-48(37(70)32(65)26(17-57)83-55)88-52-42(75)39(72)44(22(5)80-52)85-50-40(73)34(67)29(62)19(2)77-50/h19-27,29-59,62-76H,7-18H2,1-6H3,(H,60,61)/t19-,20-,21-,22-,23+,24+,25+,26-,27-,29+,30+,31+,32-,33-,34+,35+,36+,37+,38+,39-,40-,41-,42-,43-,44-,45+,46+,47-,48-,49-,50+,51+,52+,53+,54+,55+,56+/m1/s1. The summed E-state index contributed by atoms with van der Waals surface area (Å²) in [5, 5.41) is 209. The van der Waals surface area contributed by atoms with E-state index in [1.54, 1.807) is 0 Å². The molecular formula is C56H98O34. The van der Waals surface area contributed by atoms with Crippen molar-refractivity contribution in [3.05, 3.63) is 0 Å². The van der Waals surface area contributed by atoms with Crippen LogP contribution < -0.4 is 0 Å². The van der Waals surface area contributed by atoms with Crippen LogP contribution in [0.3, 0.4) is 0 Å². The van der Waals surface area contributed by atoms with E-state index >= 15 is 0 Å². The topological polar surface area (TPSA) is 531 Å². The molecule has 0 aromatic carbocycles. The van der Waals surface area contributed by atoms with Gasteiger partial charge in [-0.1, -0.05) is 39.0 Å². The maximum Gasteiger partial charge on any atom is 0.305 e. The molecule has 90 heavy (non-hydrogen) atoms. The van der Waals surface area contributed by atoms with E-state index < -0.39 is 253 Å². The molecule has 0 amide bonds. The Morgan fingerprint density at radius 2 is 0.711 bits per heavy atom. The molecule has 7 aliphatic heterocycles. The van der Waals surface area contributed by atoms with Crippen molar-refractivity contribution in [2.75, 3.05) is 13.2 Å². The summed E-state index contributed by atoms with van der Waals surface area (Å²) in [6.45, 7) is 6.93. The van der Waals surface area contributed by atoms with Gasteiger partial charge in [0, 0.05) is 0 Å². The van der Waals surface area contributed by atoms with Crippen molar-refractivity contribution in [1.82, 2.24) is 0 Å². The van der Waals surface area contributed by atoms with Crippen molar-refractivity contribution in [2.24, 2.45) is 0 Å². The van der Waals surface area contributed by atoms with Crippen LogP contribution in [0, 0.1) is 0 Å². The maximum absolute atomic E-state index is 12.6. The number of carboxylic acids is 1. The lowest BCUT2D eigenvalue weighted by Gasteiger charge is -2.51. The predicted octanol–water partition coefficient (Wildman–Crippen LogP) is -7.38. The van der Waals surface area contributed by atoms with E-state index in [0.29, 0.717) is 19.3 Å². The molecule has 7 fully saturated rings. The van der Waals surface area contributed by atoms with Gasteiger partial charge in [-0.15, -0.1) is 0 Å². The van der Waals surface area contributed by atoms with Gasteiger partial charge >= 0.3 is 5.97 Å². The van der Waals surface area contributed by atoms with Crippen LogP contribution >= 0.6 is 0 Å². The molecule has 7 saturated heterocycles. The van der Waals surface area contributed by atoms with E-state index in [-0.39, 0.29) is 12.8 Å². The number of aliphatic carboxylic acids is 1. The van der Waals surface area contributed by atoms with Crippen molar-refractivity contribution in [3.63, 3.8) is 0 Å². The maximum atomic E-state index is 12.6. The molecule has 7 rings (SSSR count). The van der Waals surface area contributed by atoms with Gasteiger partial charge in [0.15, 0.2) is 44.0 Å². The zero-order valence-electron chi connectivity index (χ0n) is 51.0. The van der Waals surface area contributed by atoms with Gasteiger partial charge in [-0.3, -0.25) is 4.79 Å². The normalized spacial score (nSPS) is 48.6. The minimum Gasteiger partial charge on any atom is -0.481 e. The van der Waals surface area contributed by atoms with E-state index in [9.17, 15) is 102 Å². The van der Waals surface area contributed by atoms with Gasteiger partial charge in [-0.25, -0.2) is 0 Å². The van der Waals surface area contributed by atoms with Crippen LogP contribution in [0.25, 0.3) is 0 Å². The Kier molecular flexibility index (Phi) is 28.5. The van der Waals surface area contributed by atoms with Crippen molar-refractivity contribution < 1.29 is 168 Å². The third kappa shape index (κ3) is 17.9. The Morgan fingerprint density at radius 3 is 1.20 bits per heavy atom. The molecule has 0 aromatic rings. The molecule has 0 radical (unpaired) electrons. The van der Waals surface area contributed by atoms with E-state index in [2.05, 4.69) is 6.92 Å². The Morgan fingerprint density at radius 1 is 0.356 bits per heavy atom. The van der Waals surface area contributed by atoms with Crippen LogP contribution in [0.2, 0.25) is 0 Å². The third-order valence-electron chi connectivity index (χ3n) is 17.8. The number of unbranched alkanes of at least 4 members (excludes halogenated alkanes) is 4. The molecule has 34 heteroatoms. The van der Waals surface area contributed by atoms with Crippen LogP contribution in [0.15, 0.2) is 0 Å². The first-order valence-electron chi connectivity index (χ1n) is 31.0. The second-order valence-corrected chi connectivity index (χ2v) is 24.6. The van der Waals surface area contributed by atoms with E-state index in [0.717, 1.165) is 25.7 Å².